The van der Waals surface area contributed by atoms with E-state index in [1.165, 1.54) is 0 Å². The molecule has 0 radical (unpaired) electrons. The summed E-state index contributed by atoms with van der Waals surface area (Å²) in [5.41, 5.74) is -0.890. The van der Waals surface area contributed by atoms with Gasteiger partial charge in [0.1, 0.15) is 0 Å². The molecule has 5 nitrogen and oxygen atoms in total. The number of halogens is 1. The van der Waals surface area contributed by atoms with E-state index in [4.69, 9.17) is 16.3 Å². The molecule has 2 N–H and O–H groups in total. The van der Waals surface area contributed by atoms with Crippen LogP contribution in [0.4, 0.5) is 0 Å². The fourth-order valence-electron chi connectivity index (χ4n) is 3.10. The average Bonchev–Trinajstić information content (AvgIpc) is 2.59. The molecule has 1 aliphatic rings. The standard InChI is InChI=1S/C18H24ClNO4/c1-2-18(17(22)23,14-4-6-15(19)7-5-14)20-16(21)8-3-13-9-11-24-12-10-13/h4-7,13H,2-3,8-12H2,1H3,(H,20,21)(H,22,23). The molecule has 0 spiro atoms. The van der Waals surface area contributed by atoms with Crippen LogP contribution in [-0.2, 0) is 19.9 Å². The molecule has 1 heterocycles. The van der Waals surface area contributed by atoms with Crippen LogP contribution in [0.15, 0.2) is 24.3 Å². The summed E-state index contributed by atoms with van der Waals surface area (Å²) in [6.45, 7) is 3.23. The number of nitrogens with one attached hydrogen (secondary N) is 1. The zero-order valence-corrected chi connectivity index (χ0v) is 14.6. The van der Waals surface area contributed by atoms with Crippen molar-refractivity contribution in [1.29, 1.82) is 0 Å². The SMILES string of the molecule is CCC(NC(=O)CCC1CCOCC1)(C(=O)O)c1ccc(Cl)cc1. The lowest BCUT2D eigenvalue weighted by molar-refractivity contribution is -0.148. The topological polar surface area (TPSA) is 75.6 Å². The van der Waals surface area contributed by atoms with E-state index in [1.54, 1.807) is 31.2 Å². The Morgan fingerprint density at radius 1 is 1.29 bits per heavy atom. The number of amides is 1. The lowest BCUT2D eigenvalue weighted by atomic mass is 9.86. The van der Waals surface area contributed by atoms with Crippen LogP contribution >= 0.6 is 11.6 Å². The maximum absolute atomic E-state index is 12.4. The third-order valence-corrected chi connectivity index (χ3v) is 4.96. The first-order chi connectivity index (χ1) is 11.5. The highest BCUT2D eigenvalue weighted by atomic mass is 35.5. The van der Waals surface area contributed by atoms with Gasteiger partial charge in [-0.2, -0.15) is 0 Å². The molecule has 1 atom stereocenters. The second kappa shape index (κ2) is 8.49. The van der Waals surface area contributed by atoms with Crippen molar-refractivity contribution < 1.29 is 19.4 Å². The Kier molecular flexibility index (Phi) is 6.63. The number of rotatable bonds is 7. The van der Waals surface area contributed by atoms with Crippen molar-refractivity contribution in [3.8, 4) is 0 Å². The van der Waals surface area contributed by atoms with Gasteiger partial charge in [-0.15, -0.1) is 0 Å². The van der Waals surface area contributed by atoms with Crippen molar-refractivity contribution >= 4 is 23.5 Å². The van der Waals surface area contributed by atoms with Gasteiger partial charge in [-0.3, -0.25) is 4.79 Å². The van der Waals surface area contributed by atoms with Gasteiger partial charge in [0.05, 0.1) is 0 Å². The molecule has 1 saturated heterocycles. The fraction of sp³-hybridized carbons (Fsp3) is 0.556. The number of carboxylic acids is 1. The monoisotopic (exact) mass is 353 g/mol. The molecular formula is C18H24ClNO4. The summed E-state index contributed by atoms with van der Waals surface area (Å²) in [5.74, 6) is -0.826. The van der Waals surface area contributed by atoms with Crippen LogP contribution in [-0.4, -0.2) is 30.2 Å². The number of carbonyl (C=O) groups excluding carboxylic acids is 1. The highest BCUT2D eigenvalue weighted by Gasteiger charge is 2.40. The zero-order chi connectivity index (χ0) is 17.6. The summed E-state index contributed by atoms with van der Waals surface area (Å²) >= 11 is 5.88. The highest BCUT2D eigenvalue weighted by Crippen LogP contribution is 2.28. The van der Waals surface area contributed by atoms with Crippen LogP contribution in [0.5, 0.6) is 0 Å². The van der Waals surface area contributed by atoms with Crippen LogP contribution < -0.4 is 5.32 Å². The molecule has 1 aromatic carbocycles. The maximum Gasteiger partial charge on any atom is 0.334 e. The Hall–Kier alpha value is -1.59. The predicted octanol–water partition coefficient (Wildman–Crippen LogP) is 3.35. The number of benzene rings is 1. The van der Waals surface area contributed by atoms with Gasteiger partial charge in [0.15, 0.2) is 5.54 Å². The maximum atomic E-state index is 12.4. The Labute approximate surface area is 147 Å². The van der Waals surface area contributed by atoms with E-state index < -0.39 is 11.5 Å². The summed E-state index contributed by atoms with van der Waals surface area (Å²) in [6, 6.07) is 6.58. The van der Waals surface area contributed by atoms with Crippen LogP contribution in [0.2, 0.25) is 5.02 Å². The molecule has 0 aliphatic carbocycles. The molecule has 1 aromatic rings. The van der Waals surface area contributed by atoms with E-state index in [-0.39, 0.29) is 12.3 Å². The van der Waals surface area contributed by atoms with Crippen LogP contribution in [0.1, 0.15) is 44.6 Å². The summed E-state index contributed by atoms with van der Waals surface area (Å²) in [4.78, 5) is 24.3. The van der Waals surface area contributed by atoms with Crippen molar-refractivity contribution in [1.82, 2.24) is 5.32 Å². The first kappa shape index (κ1) is 18.7. The second-order valence-electron chi connectivity index (χ2n) is 6.21. The van der Waals surface area contributed by atoms with Gasteiger partial charge in [-0.05, 0) is 49.3 Å². The summed E-state index contributed by atoms with van der Waals surface area (Å²) < 4.78 is 5.31. The quantitative estimate of drug-likeness (QED) is 0.788. The molecule has 1 unspecified atom stereocenters. The molecule has 0 bridgehead atoms. The van der Waals surface area contributed by atoms with Crippen molar-refractivity contribution in [2.45, 2.75) is 44.6 Å². The van der Waals surface area contributed by atoms with Gasteiger partial charge >= 0.3 is 5.97 Å². The van der Waals surface area contributed by atoms with E-state index in [0.29, 0.717) is 22.9 Å². The number of carbonyl (C=O) groups is 2. The second-order valence-corrected chi connectivity index (χ2v) is 6.65. The number of aliphatic carboxylic acids is 1. The lowest BCUT2D eigenvalue weighted by Gasteiger charge is -2.30. The molecule has 0 aromatic heterocycles. The normalized spacial score (nSPS) is 17.9. The highest BCUT2D eigenvalue weighted by molar-refractivity contribution is 6.30. The minimum Gasteiger partial charge on any atom is -0.479 e. The number of carboxylic acid groups (broad SMARTS) is 1. The van der Waals surface area contributed by atoms with Crippen molar-refractivity contribution in [3.05, 3.63) is 34.9 Å². The molecule has 1 fully saturated rings. The number of hydrogen-bond acceptors (Lipinski definition) is 3. The van der Waals surface area contributed by atoms with Gasteiger partial charge in [0.2, 0.25) is 5.91 Å². The molecule has 24 heavy (non-hydrogen) atoms. The van der Waals surface area contributed by atoms with Gasteiger partial charge in [0, 0.05) is 24.7 Å². The van der Waals surface area contributed by atoms with Gasteiger partial charge in [-0.1, -0.05) is 30.7 Å². The first-order valence-corrected chi connectivity index (χ1v) is 8.74. The molecule has 6 heteroatoms. The average molecular weight is 354 g/mol. The molecule has 2 rings (SSSR count). The fourth-order valence-corrected chi connectivity index (χ4v) is 3.22. The predicted molar refractivity (Wildman–Crippen MR) is 92.0 cm³/mol. The summed E-state index contributed by atoms with van der Waals surface area (Å²) in [7, 11) is 0. The molecule has 132 valence electrons. The van der Waals surface area contributed by atoms with E-state index >= 15 is 0 Å². The van der Waals surface area contributed by atoms with Crippen molar-refractivity contribution in [3.63, 3.8) is 0 Å². The van der Waals surface area contributed by atoms with Crippen molar-refractivity contribution in [2.75, 3.05) is 13.2 Å². The minimum atomic E-state index is -1.42. The minimum absolute atomic E-state index is 0.235. The Bertz CT molecular complexity index is 569. The van der Waals surface area contributed by atoms with Crippen LogP contribution in [0.25, 0.3) is 0 Å². The van der Waals surface area contributed by atoms with E-state index in [9.17, 15) is 14.7 Å². The van der Waals surface area contributed by atoms with E-state index in [2.05, 4.69) is 5.32 Å². The molecule has 1 amide bonds. The smallest absolute Gasteiger partial charge is 0.334 e. The van der Waals surface area contributed by atoms with Crippen LogP contribution in [0, 0.1) is 5.92 Å². The summed E-state index contributed by atoms with van der Waals surface area (Å²) in [6.07, 6.45) is 3.26. The third kappa shape index (κ3) is 4.48. The molecule has 0 saturated carbocycles. The number of hydrogen-bond donors (Lipinski definition) is 2. The Morgan fingerprint density at radius 3 is 2.46 bits per heavy atom. The van der Waals surface area contributed by atoms with Gasteiger partial charge < -0.3 is 15.2 Å². The largest absolute Gasteiger partial charge is 0.479 e. The zero-order valence-electron chi connectivity index (χ0n) is 13.9. The lowest BCUT2D eigenvalue weighted by Crippen LogP contribution is -2.51. The Balaban J connectivity index is 2.06. The molecule has 1 aliphatic heterocycles. The van der Waals surface area contributed by atoms with E-state index in [0.717, 1.165) is 32.5 Å². The van der Waals surface area contributed by atoms with Gasteiger partial charge in [-0.25, -0.2) is 4.79 Å². The van der Waals surface area contributed by atoms with Gasteiger partial charge in [0.25, 0.3) is 0 Å². The first-order valence-electron chi connectivity index (χ1n) is 8.36. The van der Waals surface area contributed by atoms with Crippen LogP contribution in [0.3, 0.4) is 0 Å². The number of ether oxygens (including phenoxy) is 1. The van der Waals surface area contributed by atoms with Crippen molar-refractivity contribution in [2.24, 2.45) is 5.92 Å². The van der Waals surface area contributed by atoms with E-state index in [1.807, 2.05) is 0 Å². The Morgan fingerprint density at radius 2 is 1.92 bits per heavy atom. The summed E-state index contributed by atoms with van der Waals surface area (Å²) in [5, 5.41) is 13.0. The third-order valence-electron chi connectivity index (χ3n) is 4.71. The molecular weight excluding hydrogens is 330 g/mol.